The molecule has 0 saturated heterocycles. The van der Waals surface area contributed by atoms with Gasteiger partial charge in [0.05, 0.1) is 30.5 Å². The first kappa shape index (κ1) is 19.3. The molecule has 28 heavy (non-hydrogen) atoms. The van der Waals surface area contributed by atoms with Crippen LogP contribution < -0.4 is 15.4 Å². The number of hydrogen-bond acceptors (Lipinski definition) is 5. The summed E-state index contributed by atoms with van der Waals surface area (Å²) in [4.78, 5) is 25.3. The van der Waals surface area contributed by atoms with Gasteiger partial charge in [0.25, 0.3) is 0 Å². The molecule has 1 heterocycles. The molecule has 7 nitrogen and oxygen atoms in total. The van der Waals surface area contributed by atoms with Gasteiger partial charge in [-0.25, -0.2) is 9.59 Å². The Kier molecular flexibility index (Phi) is 5.54. The van der Waals surface area contributed by atoms with Gasteiger partial charge in [-0.3, -0.25) is 0 Å². The number of nitrogens with one attached hydrogen (secondary N) is 2. The second-order valence-electron chi connectivity index (χ2n) is 6.57. The first-order valence-corrected chi connectivity index (χ1v) is 8.85. The van der Waals surface area contributed by atoms with E-state index in [2.05, 4.69) is 10.6 Å². The van der Waals surface area contributed by atoms with E-state index in [0.717, 1.165) is 0 Å². The molecule has 2 amide bonds. The molecule has 0 aromatic heterocycles. The molecule has 3 N–H and O–H groups in total. The number of carbonyl (C=O) groups excluding carboxylic acids is 2. The van der Waals surface area contributed by atoms with Crippen molar-refractivity contribution in [2.24, 2.45) is 0 Å². The lowest BCUT2D eigenvalue weighted by Gasteiger charge is -2.30. The minimum atomic E-state index is -0.799. The van der Waals surface area contributed by atoms with Gasteiger partial charge < -0.3 is 25.2 Å². The smallest absolute Gasteiger partial charge is 0.338 e. The number of hydrogen-bond donors (Lipinski definition) is 3. The number of aromatic hydroxyl groups is 1. The van der Waals surface area contributed by atoms with E-state index >= 15 is 0 Å². The highest BCUT2D eigenvalue weighted by Gasteiger charge is 2.35. The van der Waals surface area contributed by atoms with Crippen molar-refractivity contribution in [3.8, 4) is 11.5 Å². The summed E-state index contributed by atoms with van der Waals surface area (Å²) in [5.41, 5.74) is 1.83. The molecule has 0 spiro atoms. The number of urea groups is 1. The predicted molar refractivity (Wildman–Crippen MR) is 104 cm³/mol. The van der Waals surface area contributed by atoms with E-state index in [0.29, 0.717) is 22.6 Å². The first-order chi connectivity index (χ1) is 13.4. The van der Waals surface area contributed by atoms with Crippen LogP contribution in [0.15, 0.2) is 54.1 Å². The molecule has 0 saturated carbocycles. The summed E-state index contributed by atoms with van der Waals surface area (Å²) in [7, 11) is 1.44. The van der Waals surface area contributed by atoms with Crippen molar-refractivity contribution in [3.05, 3.63) is 65.2 Å². The van der Waals surface area contributed by atoms with Crippen LogP contribution in [0.1, 0.15) is 31.0 Å². The molecular formula is C21H22N2O5. The van der Waals surface area contributed by atoms with Crippen LogP contribution in [-0.2, 0) is 9.53 Å². The Bertz CT molecular complexity index is 922. The molecule has 1 atom stereocenters. The summed E-state index contributed by atoms with van der Waals surface area (Å²) in [5, 5.41) is 15.6. The molecule has 2 aromatic carbocycles. The van der Waals surface area contributed by atoms with Crippen molar-refractivity contribution in [1.82, 2.24) is 10.6 Å². The highest BCUT2D eigenvalue weighted by molar-refractivity contribution is 6.04. The van der Waals surface area contributed by atoms with Gasteiger partial charge >= 0.3 is 12.0 Å². The molecule has 1 aliphatic rings. The number of amides is 2. The quantitative estimate of drug-likeness (QED) is 0.691. The van der Waals surface area contributed by atoms with Gasteiger partial charge in [0, 0.05) is 0 Å². The van der Waals surface area contributed by atoms with Gasteiger partial charge in [-0.2, -0.15) is 0 Å². The summed E-state index contributed by atoms with van der Waals surface area (Å²) in [6, 6.07) is 12.5. The third-order valence-electron chi connectivity index (χ3n) is 4.23. The van der Waals surface area contributed by atoms with E-state index in [9.17, 15) is 14.7 Å². The average molecular weight is 382 g/mol. The Morgan fingerprint density at radius 2 is 1.86 bits per heavy atom. The Labute approximate surface area is 163 Å². The third kappa shape index (κ3) is 3.93. The fraction of sp³-hybridized carbons (Fsp3) is 0.238. The molecule has 0 aliphatic carbocycles. The maximum absolute atomic E-state index is 12.9. The van der Waals surface area contributed by atoms with Crippen molar-refractivity contribution < 1.29 is 24.2 Å². The van der Waals surface area contributed by atoms with Crippen LogP contribution in [0.3, 0.4) is 0 Å². The van der Waals surface area contributed by atoms with Crippen LogP contribution >= 0.6 is 0 Å². The number of esters is 1. The standard InChI is InChI=1S/C21H22N2O5/c1-12(2)28-20(25)17-18(13-7-5-4-6-8-13)22-21(26)23-19(17)14-9-10-16(27-3)15(24)11-14/h4-12,19,24H,1-3H3,(H2,22,23,26). The van der Waals surface area contributed by atoms with E-state index in [1.807, 2.05) is 18.2 Å². The van der Waals surface area contributed by atoms with E-state index in [-0.39, 0.29) is 17.4 Å². The highest BCUT2D eigenvalue weighted by Crippen LogP contribution is 2.36. The zero-order valence-electron chi connectivity index (χ0n) is 15.9. The molecule has 0 fully saturated rings. The Morgan fingerprint density at radius 1 is 1.14 bits per heavy atom. The molecule has 0 bridgehead atoms. The SMILES string of the molecule is COc1ccc(C2NC(=O)NC(c3ccccc3)=C2C(=O)OC(C)C)cc1O. The van der Waals surface area contributed by atoms with E-state index < -0.39 is 18.0 Å². The summed E-state index contributed by atoms with van der Waals surface area (Å²) in [6.07, 6.45) is -0.334. The highest BCUT2D eigenvalue weighted by atomic mass is 16.5. The molecule has 1 aliphatic heterocycles. The van der Waals surface area contributed by atoms with Crippen molar-refractivity contribution in [2.45, 2.75) is 26.0 Å². The van der Waals surface area contributed by atoms with E-state index in [1.165, 1.54) is 13.2 Å². The van der Waals surface area contributed by atoms with Crippen molar-refractivity contribution in [3.63, 3.8) is 0 Å². The van der Waals surface area contributed by atoms with Gasteiger partial charge in [0.1, 0.15) is 0 Å². The number of methoxy groups -OCH3 is 1. The van der Waals surface area contributed by atoms with Crippen LogP contribution in [0.5, 0.6) is 11.5 Å². The predicted octanol–water partition coefficient (Wildman–Crippen LogP) is 3.12. The molecular weight excluding hydrogens is 360 g/mol. The fourth-order valence-corrected chi connectivity index (χ4v) is 3.03. The molecule has 0 radical (unpaired) electrons. The second kappa shape index (κ2) is 8.04. The van der Waals surface area contributed by atoms with Gasteiger partial charge in [-0.15, -0.1) is 0 Å². The minimum absolute atomic E-state index is 0.0920. The van der Waals surface area contributed by atoms with Crippen molar-refractivity contribution in [2.75, 3.05) is 7.11 Å². The van der Waals surface area contributed by atoms with Crippen LogP contribution in [0.4, 0.5) is 4.79 Å². The number of carbonyl (C=O) groups is 2. The van der Waals surface area contributed by atoms with E-state index in [4.69, 9.17) is 9.47 Å². The molecule has 2 aromatic rings. The topological polar surface area (TPSA) is 96.9 Å². The fourth-order valence-electron chi connectivity index (χ4n) is 3.03. The van der Waals surface area contributed by atoms with Crippen LogP contribution in [-0.4, -0.2) is 30.3 Å². The van der Waals surface area contributed by atoms with Gasteiger partial charge in [0.15, 0.2) is 11.5 Å². The lowest BCUT2D eigenvalue weighted by Crippen LogP contribution is -2.45. The van der Waals surface area contributed by atoms with Crippen LogP contribution in [0, 0.1) is 0 Å². The number of phenolic OH excluding ortho intramolecular Hbond substituents is 1. The lowest BCUT2D eigenvalue weighted by atomic mass is 9.92. The maximum atomic E-state index is 12.9. The van der Waals surface area contributed by atoms with Crippen LogP contribution in [0.25, 0.3) is 5.70 Å². The van der Waals surface area contributed by atoms with Crippen molar-refractivity contribution >= 4 is 17.7 Å². The zero-order valence-corrected chi connectivity index (χ0v) is 15.9. The van der Waals surface area contributed by atoms with Crippen LogP contribution in [0.2, 0.25) is 0 Å². The number of ether oxygens (including phenoxy) is 2. The Morgan fingerprint density at radius 3 is 2.46 bits per heavy atom. The lowest BCUT2D eigenvalue weighted by molar-refractivity contribution is -0.143. The Hall–Kier alpha value is -3.48. The molecule has 7 heteroatoms. The monoisotopic (exact) mass is 382 g/mol. The third-order valence-corrected chi connectivity index (χ3v) is 4.23. The largest absolute Gasteiger partial charge is 0.504 e. The summed E-state index contributed by atoms with van der Waals surface area (Å²) >= 11 is 0. The number of benzene rings is 2. The van der Waals surface area contributed by atoms with E-state index in [1.54, 1.807) is 38.1 Å². The minimum Gasteiger partial charge on any atom is -0.504 e. The Balaban J connectivity index is 2.17. The molecule has 146 valence electrons. The first-order valence-electron chi connectivity index (χ1n) is 8.85. The average Bonchev–Trinajstić information content (AvgIpc) is 2.67. The van der Waals surface area contributed by atoms with Gasteiger partial charge in [0.2, 0.25) is 0 Å². The number of rotatable bonds is 5. The number of phenols is 1. The summed E-state index contributed by atoms with van der Waals surface area (Å²) in [5.74, 6) is -0.352. The molecule has 3 rings (SSSR count). The summed E-state index contributed by atoms with van der Waals surface area (Å²) < 4.78 is 10.5. The van der Waals surface area contributed by atoms with Crippen molar-refractivity contribution in [1.29, 1.82) is 0 Å². The maximum Gasteiger partial charge on any atom is 0.338 e. The summed E-state index contributed by atoms with van der Waals surface area (Å²) in [6.45, 7) is 3.51. The molecule has 1 unspecified atom stereocenters. The second-order valence-corrected chi connectivity index (χ2v) is 6.57. The van der Waals surface area contributed by atoms with Gasteiger partial charge in [-0.05, 0) is 37.1 Å². The normalized spacial score (nSPS) is 16.4. The zero-order chi connectivity index (χ0) is 20.3. The van der Waals surface area contributed by atoms with Gasteiger partial charge in [-0.1, -0.05) is 36.4 Å².